The molecule has 0 bridgehead atoms. The first-order valence-corrected chi connectivity index (χ1v) is 11.8. The van der Waals surface area contributed by atoms with Gasteiger partial charge in [-0.25, -0.2) is 0 Å². The van der Waals surface area contributed by atoms with Crippen LogP contribution in [-0.2, 0) is 11.2 Å². The molecule has 0 saturated carbocycles. The van der Waals surface area contributed by atoms with Crippen molar-refractivity contribution in [3.05, 3.63) is 83.9 Å². The molecule has 0 N–H and O–H groups in total. The molecule has 0 aromatic heterocycles. The van der Waals surface area contributed by atoms with E-state index in [0.29, 0.717) is 12.5 Å². The summed E-state index contributed by atoms with van der Waals surface area (Å²) in [7, 11) is 2.16. The van der Waals surface area contributed by atoms with E-state index >= 15 is 0 Å². The smallest absolute Gasteiger partial charge is 0.189 e. The lowest BCUT2D eigenvalue weighted by Crippen LogP contribution is -2.46. The van der Waals surface area contributed by atoms with Gasteiger partial charge >= 0.3 is 0 Å². The largest absolute Gasteiger partial charge is 0.493 e. The summed E-state index contributed by atoms with van der Waals surface area (Å²) in [5.41, 5.74) is 2.37. The summed E-state index contributed by atoms with van der Waals surface area (Å²) in [5.74, 6) is 2.42. The highest BCUT2D eigenvalue weighted by Gasteiger charge is 2.24. The third-order valence-electron chi connectivity index (χ3n) is 6.46. The second kappa shape index (κ2) is 9.82. The maximum absolute atomic E-state index is 6.43. The molecule has 4 aromatic carbocycles. The number of benzene rings is 4. The van der Waals surface area contributed by atoms with E-state index in [9.17, 15) is 0 Å². The quantitative estimate of drug-likeness (QED) is 0.239. The molecule has 5 rings (SSSR count). The number of hydrogen-bond acceptors (Lipinski definition) is 4. The van der Waals surface area contributed by atoms with Gasteiger partial charge in [0, 0.05) is 43.2 Å². The Balaban J connectivity index is 1.56. The maximum Gasteiger partial charge on any atom is 0.189 e. The van der Waals surface area contributed by atoms with Gasteiger partial charge in [-0.1, -0.05) is 60.7 Å². The summed E-state index contributed by atoms with van der Waals surface area (Å²) >= 11 is 0. The van der Waals surface area contributed by atoms with Crippen molar-refractivity contribution in [2.24, 2.45) is 5.92 Å². The van der Waals surface area contributed by atoms with Crippen LogP contribution in [0, 0.1) is 5.92 Å². The SMILES string of the molecule is CCOCOc1ccc2ccccc2c1Cc1c(OCC2CN(C)C2)ccc2ccccc12. The van der Waals surface area contributed by atoms with Crippen LogP contribution in [0.15, 0.2) is 72.8 Å². The average Bonchev–Trinajstić information content (AvgIpc) is 2.83. The minimum Gasteiger partial charge on any atom is -0.493 e. The summed E-state index contributed by atoms with van der Waals surface area (Å²) in [5, 5.41) is 4.85. The molecule has 0 aliphatic carbocycles. The number of hydrogen-bond donors (Lipinski definition) is 0. The highest BCUT2D eigenvalue weighted by atomic mass is 16.7. The van der Waals surface area contributed by atoms with Crippen molar-refractivity contribution < 1.29 is 14.2 Å². The third-order valence-corrected chi connectivity index (χ3v) is 6.46. The van der Waals surface area contributed by atoms with E-state index in [4.69, 9.17) is 14.2 Å². The van der Waals surface area contributed by atoms with Gasteiger partial charge in [-0.2, -0.15) is 0 Å². The Bertz CT molecular complexity index is 1250. The Morgan fingerprint density at radius 2 is 1.33 bits per heavy atom. The number of ether oxygens (including phenoxy) is 3. The van der Waals surface area contributed by atoms with Gasteiger partial charge in [0.05, 0.1) is 6.61 Å². The van der Waals surface area contributed by atoms with Crippen LogP contribution >= 0.6 is 0 Å². The van der Waals surface area contributed by atoms with Gasteiger partial charge in [0.15, 0.2) is 6.79 Å². The standard InChI is InChI=1S/C29H31NO3/c1-3-31-20-33-29-15-13-23-9-5-7-11-25(23)27(29)16-26-24-10-6-4-8-22(24)12-14-28(26)32-19-21-17-30(2)18-21/h4-15,21H,3,16-20H2,1-2H3. The van der Waals surface area contributed by atoms with Crippen molar-refractivity contribution in [1.82, 2.24) is 4.90 Å². The lowest BCUT2D eigenvalue weighted by atomic mass is 9.93. The predicted octanol–water partition coefficient (Wildman–Crippen LogP) is 5.90. The van der Waals surface area contributed by atoms with Crippen molar-refractivity contribution in [3.8, 4) is 11.5 Å². The lowest BCUT2D eigenvalue weighted by Gasteiger charge is -2.36. The van der Waals surface area contributed by atoms with Crippen molar-refractivity contribution in [1.29, 1.82) is 0 Å². The van der Waals surface area contributed by atoms with Crippen LogP contribution in [0.3, 0.4) is 0 Å². The Morgan fingerprint density at radius 1 is 0.758 bits per heavy atom. The minimum absolute atomic E-state index is 0.246. The molecular formula is C29H31NO3. The van der Waals surface area contributed by atoms with Crippen molar-refractivity contribution >= 4 is 21.5 Å². The highest BCUT2D eigenvalue weighted by Crippen LogP contribution is 2.36. The predicted molar refractivity (Wildman–Crippen MR) is 134 cm³/mol. The second-order valence-corrected chi connectivity index (χ2v) is 8.86. The third kappa shape index (κ3) is 4.68. The molecule has 0 spiro atoms. The van der Waals surface area contributed by atoms with E-state index in [1.807, 2.05) is 6.92 Å². The van der Waals surface area contributed by atoms with E-state index < -0.39 is 0 Å². The zero-order valence-electron chi connectivity index (χ0n) is 19.4. The van der Waals surface area contributed by atoms with Gasteiger partial charge in [0.25, 0.3) is 0 Å². The van der Waals surface area contributed by atoms with Crippen LogP contribution < -0.4 is 9.47 Å². The van der Waals surface area contributed by atoms with Crippen LogP contribution in [0.4, 0.5) is 0 Å². The lowest BCUT2D eigenvalue weighted by molar-refractivity contribution is 0.0220. The molecule has 4 heteroatoms. The molecule has 4 nitrogen and oxygen atoms in total. The van der Waals surface area contributed by atoms with E-state index in [-0.39, 0.29) is 6.79 Å². The summed E-state index contributed by atoms with van der Waals surface area (Å²) in [6.45, 7) is 5.79. The molecule has 0 amide bonds. The molecule has 4 aromatic rings. The van der Waals surface area contributed by atoms with Gasteiger partial charge in [0.1, 0.15) is 11.5 Å². The highest BCUT2D eigenvalue weighted by molar-refractivity contribution is 5.91. The first-order valence-electron chi connectivity index (χ1n) is 11.8. The Labute approximate surface area is 195 Å². The molecule has 1 fully saturated rings. The Kier molecular flexibility index (Phi) is 6.47. The van der Waals surface area contributed by atoms with Crippen LogP contribution in [0.25, 0.3) is 21.5 Å². The fourth-order valence-electron chi connectivity index (χ4n) is 4.77. The van der Waals surface area contributed by atoms with Gasteiger partial charge in [-0.05, 0) is 47.6 Å². The minimum atomic E-state index is 0.246. The van der Waals surface area contributed by atoms with E-state index in [1.165, 1.54) is 27.1 Å². The monoisotopic (exact) mass is 441 g/mol. The molecule has 1 aliphatic heterocycles. The topological polar surface area (TPSA) is 30.9 Å². The van der Waals surface area contributed by atoms with Crippen LogP contribution in [0.2, 0.25) is 0 Å². The molecule has 0 atom stereocenters. The first-order chi connectivity index (χ1) is 16.2. The number of fused-ring (bicyclic) bond motifs is 2. The van der Waals surface area contributed by atoms with Crippen LogP contribution in [0.5, 0.6) is 11.5 Å². The molecule has 0 unspecified atom stereocenters. The molecule has 170 valence electrons. The van der Waals surface area contributed by atoms with Gasteiger partial charge < -0.3 is 19.1 Å². The number of nitrogens with zero attached hydrogens (tertiary/aromatic N) is 1. The van der Waals surface area contributed by atoms with Crippen molar-refractivity contribution in [2.75, 3.05) is 40.1 Å². The van der Waals surface area contributed by atoms with Gasteiger partial charge in [0.2, 0.25) is 0 Å². The summed E-state index contributed by atoms with van der Waals surface area (Å²) in [6.07, 6.45) is 0.726. The second-order valence-electron chi connectivity index (χ2n) is 8.86. The summed E-state index contributed by atoms with van der Waals surface area (Å²) in [4.78, 5) is 2.33. The fraction of sp³-hybridized carbons (Fsp3) is 0.310. The molecule has 1 heterocycles. The van der Waals surface area contributed by atoms with Gasteiger partial charge in [-0.15, -0.1) is 0 Å². The van der Waals surface area contributed by atoms with Gasteiger partial charge in [-0.3, -0.25) is 0 Å². The summed E-state index contributed by atoms with van der Waals surface area (Å²) in [6, 6.07) is 25.5. The molecule has 1 saturated heterocycles. The summed E-state index contributed by atoms with van der Waals surface area (Å²) < 4.78 is 18.0. The molecular weight excluding hydrogens is 410 g/mol. The zero-order valence-corrected chi connectivity index (χ0v) is 19.4. The first kappa shape index (κ1) is 21.7. The fourth-order valence-corrected chi connectivity index (χ4v) is 4.77. The van der Waals surface area contributed by atoms with E-state index in [2.05, 4.69) is 84.7 Å². The normalized spacial score (nSPS) is 14.5. The molecule has 1 aliphatic rings. The Morgan fingerprint density at radius 3 is 1.91 bits per heavy atom. The van der Waals surface area contributed by atoms with E-state index in [1.54, 1.807) is 0 Å². The molecule has 0 radical (unpaired) electrons. The molecule has 33 heavy (non-hydrogen) atoms. The van der Waals surface area contributed by atoms with Crippen LogP contribution in [-0.4, -0.2) is 45.0 Å². The van der Waals surface area contributed by atoms with Crippen LogP contribution in [0.1, 0.15) is 18.1 Å². The zero-order chi connectivity index (χ0) is 22.6. The average molecular weight is 442 g/mol. The van der Waals surface area contributed by atoms with Crippen molar-refractivity contribution in [3.63, 3.8) is 0 Å². The van der Waals surface area contributed by atoms with Crippen molar-refractivity contribution in [2.45, 2.75) is 13.3 Å². The maximum atomic E-state index is 6.43. The Hall–Kier alpha value is -3.08. The van der Waals surface area contributed by atoms with E-state index in [0.717, 1.165) is 43.2 Å². The number of rotatable bonds is 9. The number of likely N-dealkylation sites (tertiary alicyclic amines) is 1.